The van der Waals surface area contributed by atoms with Crippen LogP contribution in [0, 0.1) is 5.82 Å². The summed E-state index contributed by atoms with van der Waals surface area (Å²) < 4.78 is 28.5. The molecule has 0 aliphatic carbocycles. The maximum Gasteiger partial charge on any atom is 0.257 e. The number of benzene rings is 1. The van der Waals surface area contributed by atoms with Gasteiger partial charge in [-0.25, -0.2) is 9.37 Å². The van der Waals surface area contributed by atoms with Crippen molar-refractivity contribution in [3.05, 3.63) is 59.6 Å². The molecule has 1 N–H and O–H groups in total. The van der Waals surface area contributed by atoms with Gasteiger partial charge in [0, 0.05) is 49.6 Å². The Morgan fingerprint density at radius 2 is 1.87 bits per heavy atom. The van der Waals surface area contributed by atoms with E-state index >= 15 is 0 Å². The highest BCUT2D eigenvalue weighted by atomic mass is 35.5. The zero-order valence-corrected chi connectivity index (χ0v) is 24.2. The van der Waals surface area contributed by atoms with Crippen LogP contribution in [0.2, 0.25) is 30.7 Å². The van der Waals surface area contributed by atoms with E-state index in [0.29, 0.717) is 42.2 Å². The van der Waals surface area contributed by atoms with Crippen molar-refractivity contribution in [1.82, 2.24) is 24.6 Å². The molecule has 0 bridgehead atoms. The first-order valence-corrected chi connectivity index (χ1v) is 16.6. The molecule has 202 valence electrons. The molecule has 3 aromatic heterocycles. The molecule has 0 atom stereocenters. The highest BCUT2D eigenvalue weighted by Crippen LogP contribution is 2.33. The lowest BCUT2D eigenvalue weighted by Gasteiger charge is -2.16. The van der Waals surface area contributed by atoms with E-state index in [1.165, 1.54) is 18.2 Å². The monoisotopic (exact) mass is 556 g/mol. The fourth-order valence-corrected chi connectivity index (χ4v) is 4.65. The van der Waals surface area contributed by atoms with Gasteiger partial charge in [0.05, 0.1) is 11.4 Å². The average molecular weight is 557 g/mol. The van der Waals surface area contributed by atoms with E-state index in [1.54, 1.807) is 12.3 Å². The molecule has 0 radical (unpaired) electrons. The lowest BCUT2D eigenvalue weighted by Crippen LogP contribution is -2.22. The Labute approximate surface area is 228 Å². The van der Waals surface area contributed by atoms with E-state index in [0.717, 1.165) is 29.4 Å². The van der Waals surface area contributed by atoms with Gasteiger partial charge in [-0.15, -0.1) is 10.2 Å². The number of nitrogens with zero attached hydrogens (tertiary/aromatic N) is 5. The Morgan fingerprint density at radius 1 is 1.05 bits per heavy atom. The van der Waals surface area contributed by atoms with Crippen LogP contribution < -0.4 is 10.1 Å². The lowest BCUT2D eigenvalue weighted by molar-refractivity contribution is 0.0899. The van der Waals surface area contributed by atoms with Crippen LogP contribution in [-0.2, 0) is 11.5 Å². The molecule has 4 aromatic rings. The molecule has 0 aliphatic heterocycles. The fourth-order valence-electron chi connectivity index (χ4n) is 3.72. The number of aromatic nitrogens is 4. The van der Waals surface area contributed by atoms with E-state index in [2.05, 4.69) is 40.1 Å². The number of rotatable bonds is 12. The molecule has 8 nitrogen and oxygen atoms in total. The second-order valence-electron chi connectivity index (χ2n) is 10.6. The van der Waals surface area contributed by atoms with Crippen LogP contribution in [0.25, 0.3) is 22.3 Å². The number of hydrogen-bond donors (Lipinski definition) is 1. The summed E-state index contributed by atoms with van der Waals surface area (Å²) in [4.78, 5) is 6.58. The van der Waals surface area contributed by atoms with E-state index in [4.69, 9.17) is 21.1 Å². The van der Waals surface area contributed by atoms with E-state index in [9.17, 15) is 4.39 Å². The van der Waals surface area contributed by atoms with Crippen LogP contribution in [0.15, 0.2) is 48.8 Å². The van der Waals surface area contributed by atoms with Crippen LogP contribution in [0.3, 0.4) is 0 Å². The fraction of sp³-hybridized carbons (Fsp3) is 0.370. The number of nitrogens with one attached hydrogen (secondary N) is 1. The summed E-state index contributed by atoms with van der Waals surface area (Å²) in [6.07, 6.45) is 3.70. The smallest absolute Gasteiger partial charge is 0.257 e. The highest BCUT2D eigenvalue weighted by molar-refractivity contribution is 6.76. The third-order valence-electron chi connectivity index (χ3n) is 5.90. The molecule has 0 unspecified atom stereocenters. The molecule has 0 spiro atoms. The van der Waals surface area contributed by atoms with Gasteiger partial charge in [0.25, 0.3) is 5.88 Å². The number of pyridine rings is 1. The van der Waals surface area contributed by atoms with Crippen molar-refractivity contribution in [3.63, 3.8) is 0 Å². The largest absolute Gasteiger partial charge is 0.474 e. The number of fused-ring (bicyclic) bond motifs is 1. The van der Waals surface area contributed by atoms with Crippen LogP contribution in [0.5, 0.6) is 5.88 Å². The molecule has 38 heavy (non-hydrogen) atoms. The molecule has 3 heterocycles. The summed E-state index contributed by atoms with van der Waals surface area (Å²) in [6, 6.07) is 11.0. The van der Waals surface area contributed by atoms with Crippen molar-refractivity contribution in [2.75, 3.05) is 39.2 Å². The van der Waals surface area contributed by atoms with Crippen molar-refractivity contribution < 1.29 is 13.9 Å². The lowest BCUT2D eigenvalue weighted by atomic mass is 10.1. The average Bonchev–Trinajstić information content (AvgIpc) is 3.27. The standard InChI is InChI=1S/C27H34ClFN6O2Si/c1-34(2)12-13-37-27-25(17-24(32-33-27)21-16-19(28)6-7-22(21)29)31-23-8-10-30-26-20(23)9-11-35(26)18-36-14-15-38(3,4)5/h6-11,16-17H,12-15,18H2,1-5H3,(H,30,31,32). The summed E-state index contributed by atoms with van der Waals surface area (Å²) in [5.74, 6) is -0.120. The van der Waals surface area contributed by atoms with Gasteiger partial charge in [0.15, 0.2) is 0 Å². The van der Waals surface area contributed by atoms with Crippen molar-refractivity contribution >= 4 is 42.1 Å². The molecular weight excluding hydrogens is 523 g/mol. The van der Waals surface area contributed by atoms with E-state index < -0.39 is 13.9 Å². The quantitative estimate of drug-likeness (QED) is 0.162. The summed E-state index contributed by atoms with van der Waals surface area (Å²) >= 11 is 6.12. The Balaban J connectivity index is 1.63. The van der Waals surface area contributed by atoms with Gasteiger partial charge < -0.3 is 24.3 Å². The third kappa shape index (κ3) is 7.28. The second-order valence-corrected chi connectivity index (χ2v) is 16.6. The number of likely N-dealkylation sites (N-methyl/N-ethyl adjacent to an activating group) is 1. The first-order chi connectivity index (χ1) is 18.1. The van der Waals surface area contributed by atoms with Crippen molar-refractivity contribution in [2.24, 2.45) is 0 Å². The molecule has 1 aromatic carbocycles. The van der Waals surface area contributed by atoms with Gasteiger partial charge in [0.1, 0.15) is 30.5 Å². The highest BCUT2D eigenvalue weighted by Gasteiger charge is 2.16. The predicted octanol–water partition coefficient (Wildman–Crippen LogP) is 6.28. The first kappa shape index (κ1) is 28.0. The molecule has 0 aliphatic rings. The number of anilines is 2. The zero-order valence-electron chi connectivity index (χ0n) is 22.5. The van der Waals surface area contributed by atoms with Gasteiger partial charge in [-0.3, -0.25) is 0 Å². The Bertz CT molecular complexity index is 1390. The Hall–Kier alpha value is -3.05. The SMILES string of the molecule is CN(C)CCOc1nnc(-c2cc(Cl)ccc2F)cc1Nc1ccnc2c1ccn2COCC[Si](C)(C)C. The van der Waals surface area contributed by atoms with Gasteiger partial charge in [-0.1, -0.05) is 31.2 Å². The van der Waals surface area contributed by atoms with Gasteiger partial charge in [-0.2, -0.15) is 0 Å². The molecule has 0 fully saturated rings. The van der Waals surface area contributed by atoms with Crippen LogP contribution in [0.4, 0.5) is 15.8 Å². The number of hydrogen-bond acceptors (Lipinski definition) is 7. The normalized spacial score (nSPS) is 11.9. The Kier molecular flexibility index (Phi) is 8.98. The van der Waals surface area contributed by atoms with Crippen molar-refractivity contribution in [3.8, 4) is 17.1 Å². The Morgan fingerprint density at radius 3 is 2.63 bits per heavy atom. The first-order valence-electron chi connectivity index (χ1n) is 12.5. The van der Waals surface area contributed by atoms with Crippen molar-refractivity contribution in [1.29, 1.82) is 0 Å². The van der Waals surface area contributed by atoms with Crippen molar-refractivity contribution in [2.45, 2.75) is 32.4 Å². The van der Waals surface area contributed by atoms with Gasteiger partial charge >= 0.3 is 0 Å². The minimum absolute atomic E-state index is 0.259. The van der Waals surface area contributed by atoms with Crippen LogP contribution in [0.1, 0.15) is 0 Å². The van der Waals surface area contributed by atoms with E-state index in [1.807, 2.05) is 41.9 Å². The second kappa shape index (κ2) is 12.2. The number of halogens is 2. The summed E-state index contributed by atoms with van der Waals surface area (Å²) in [7, 11) is 2.77. The minimum atomic E-state index is -1.16. The molecular formula is C27H34ClFN6O2Si. The number of ether oxygens (including phenoxy) is 2. The maximum atomic E-state index is 14.6. The van der Waals surface area contributed by atoms with Crippen LogP contribution in [-0.4, -0.2) is 66.6 Å². The molecule has 0 saturated carbocycles. The van der Waals surface area contributed by atoms with E-state index in [-0.39, 0.29) is 5.56 Å². The minimum Gasteiger partial charge on any atom is -0.474 e. The predicted molar refractivity (Wildman–Crippen MR) is 154 cm³/mol. The summed E-state index contributed by atoms with van der Waals surface area (Å²) in [5.41, 5.74) is 2.75. The maximum absolute atomic E-state index is 14.6. The molecule has 4 rings (SSSR count). The van der Waals surface area contributed by atoms with Crippen LogP contribution >= 0.6 is 11.6 Å². The molecule has 0 saturated heterocycles. The summed E-state index contributed by atoms with van der Waals surface area (Å²) in [6.45, 7) is 9.27. The third-order valence-corrected chi connectivity index (χ3v) is 7.84. The summed E-state index contributed by atoms with van der Waals surface area (Å²) in [5, 5.41) is 13.2. The van der Waals surface area contributed by atoms with Gasteiger partial charge in [0.2, 0.25) is 0 Å². The van der Waals surface area contributed by atoms with Gasteiger partial charge in [-0.05, 0) is 56.5 Å². The molecule has 11 heteroatoms. The zero-order chi connectivity index (χ0) is 27.3. The topological polar surface area (TPSA) is 77.3 Å². The molecule has 0 amide bonds.